The normalized spacial score (nSPS) is 36.9. The number of rotatable bonds is 4. The van der Waals surface area contributed by atoms with Crippen LogP contribution < -0.4 is 0 Å². The molecule has 21 heavy (non-hydrogen) atoms. The van der Waals surface area contributed by atoms with Crippen LogP contribution in [0.2, 0.25) is 0 Å². The Bertz CT molecular complexity index is 509. The van der Waals surface area contributed by atoms with Crippen molar-refractivity contribution < 1.29 is 9.15 Å². The third-order valence-electron chi connectivity index (χ3n) is 5.71. The van der Waals surface area contributed by atoms with E-state index < -0.39 is 0 Å². The van der Waals surface area contributed by atoms with Gasteiger partial charge < -0.3 is 14.1 Å². The first kappa shape index (κ1) is 12.6. The molecule has 5 rings (SSSR count). The second-order valence-corrected chi connectivity index (χ2v) is 7.43. The first-order valence-electron chi connectivity index (χ1n) is 8.56. The van der Waals surface area contributed by atoms with Gasteiger partial charge in [-0.25, -0.2) is 0 Å². The summed E-state index contributed by atoms with van der Waals surface area (Å²) >= 11 is 0. The highest BCUT2D eigenvalue weighted by Gasteiger charge is 2.45. The van der Waals surface area contributed by atoms with Gasteiger partial charge in [-0.1, -0.05) is 6.42 Å². The van der Waals surface area contributed by atoms with Crippen molar-refractivity contribution in [1.82, 2.24) is 15.1 Å². The van der Waals surface area contributed by atoms with E-state index in [-0.39, 0.29) is 6.10 Å². The molecule has 4 aliphatic rings. The Labute approximate surface area is 125 Å². The van der Waals surface area contributed by atoms with Crippen LogP contribution in [0.5, 0.6) is 0 Å². The van der Waals surface area contributed by atoms with E-state index in [1.165, 1.54) is 45.2 Å². The van der Waals surface area contributed by atoms with Crippen LogP contribution in [0.15, 0.2) is 4.42 Å². The Kier molecular flexibility index (Phi) is 2.87. The number of nitrogens with zero attached hydrogens (tertiary/aromatic N) is 3. The summed E-state index contributed by atoms with van der Waals surface area (Å²) in [5.74, 6) is 3.70. The average molecular weight is 289 g/mol. The topological polar surface area (TPSA) is 51.4 Å². The van der Waals surface area contributed by atoms with Gasteiger partial charge in [-0.05, 0) is 38.0 Å². The zero-order chi connectivity index (χ0) is 13.8. The summed E-state index contributed by atoms with van der Waals surface area (Å²) in [5.41, 5.74) is 0. The van der Waals surface area contributed by atoms with Crippen molar-refractivity contribution >= 4 is 0 Å². The molecule has 0 aromatic carbocycles. The van der Waals surface area contributed by atoms with Gasteiger partial charge in [0, 0.05) is 31.5 Å². The van der Waals surface area contributed by atoms with Crippen molar-refractivity contribution in [2.24, 2.45) is 11.8 Å². The lowest BCUT2D eigenvalue weighted by atomic mass is 9.85. The lowest BCUT2D eigenvalue weighted by molar-refractivity contribution is 0.0205. The van der Waals surface area contributed by atoms with Crippen LogP contribution in [-0.4, -0.2) is 40.8 Å². The molecular formula is C16H23N3O2. The minimum absolute atomic E-state index is 0.0471. The maximum absolute atomic E-state index is 6.21. The molecule has 1 aromatic rings. The van der Waals surface area contributed by atoms with Gasteiger partial charge in [0.2, 0.25) is 11.8 Å². The van der Waals surface area contributed by atoms with Gasteiger partial charge >= 0.3 is 0 Å². The Morgan fingerprint density at radius 1 is 1.05 bits per heavy atom. The van der Waals surface area contributed by atoms with Crippen molar-refractivity contribution in [3.63, 3.8) is 0 Å². The average Bonchev–Trinajstić information content (AvgIpc) is 2.87. The number of ether oxygens (including phenoxy) is 1. The fraction of sp³-hybridized carbons (Fsp3) is 0.875. The zero-order valence-electron chi connectivity index (χ0n) is 12.4. The van der Waals surface area contributed by atoms with Crippen molar-refractivity contribution in [2.45, 2.75) is 56.7 Å². The molecule has 0 N–H and O–H groups in total. The largest absolute Gasteiger partial charge is 0.422 e. The Balaban J connectivity index is 1.20. The van der Waals surface area contributed by atoms with Crippen molar-refractivity contribution in [3.05, 3.63) is 11.8 Å². The van der Waals surface area contributed by atoms with E-state index in [1.807, 2.05) is 0 Å². The van der Waals surface area contributed by atoms with Crippen LogP contribution in [0.25, 0.3) is 0 Å². The molecule has 0 radical (unpaired) electrons. The molecule has 0 amide bonds. The molecule has 2 aliphatic heterocycles. The van der Waals surface area contributed by atoms with Crippen LogP contribution >= 0.6 is 0 Å². The van der Waals surface area contributed by atoms with Gasteiger partial charge in [-0.15, -0.1) is 10.2 Å². The predicted molar refractivity (Wildman–Crippen MR) is 75.8 cm³/mol. The molecule has 1 aromatic heterocycles. The summed E-state index contributed by atoms with van der Waals surface area (Å²) in [6.07, 6.45) is 8.19. The standard InChI is InChI=1S/C16H23N3O2/c1-2-10(3-1)7-19-8-12-6-13(20-14(12)9-19)16-18-17-15(21-16)11-4-5-11/h10-14H,1-9H2/t12-,13-,14+/m1/s1. The second kappa shape index (κ2) is 4.78. The lowest BCUT2D eigenvalue weighted by Gasteiger charge is -2.30. The van der Waals surface area contributed by atoms with E-state index in [4.69, 9.17) is 9.15 Å². The van der Waals surface area contributed by atoms with Crippen LogP contribution in [-0.2, 0) is 4.74 Å². The zero-order valence-corrected chi connectivity index (χ0v) is 12.4. The summed E-state index contributed by atoms with van der Waals surface area (Å²) in [6.45, 7) is 3.58. The van der Waals surface area contributed by atoms with E-state index in [2.05, 4.69) is 15.1 Å². The maximum Gasteiger partial charge on any atom is 0.245 e. The molecule has 2 aliphatic carbocycles. The van der Waals surface area contributed by atoms with E-state index in [9.17, 15) is 0 Å². The Morgan fingerprint density at radius 3 is 2.62 bits per heavy atom. The highest BCUT2D eigenvalue weighted by atomic mass is 16.5. The van der Waals surface area contributed by atoms with Gasteiger partial charge in [0.25, 0.3) is 0 Å². The highest BCUT2D eigenvalue weighted by Crippen LogP contribution is 2.43. The van der Waals surface area contributed by atoms with E-state index in [0.717, 1.165) is 30.7 Å². The fourth-order valence-corrected chi connectivity index (χ4v) is 4.07. The Hall–Kier alpha value is -0.940. The van der Waals surface area contributed by atoms with Crippen molar-refractivity contribution in [1.29, 1.82) is 0 Å². The summed E-state index contributed by atoms with van der Waals surface area (Å²) in [4.78, 5) is 2.61. The molecule has 3 heterocycles. The first-order valence-corrected chi connectivity index (χ1v) is 8.56. The maximum atomic E-state index is 6.21. The Morgan fingerprint density at radius 2 is 1.90 bits per heavy atom. The molecule has 5 nitrogen and oxygen atoms in total. The minimum atomic E-state index is 0.0471. The van der Waals surface area contributed by atoms with Crippen molar-refractivity contribution in [2.75, 3.05) is 19.6 Å². The lowest BCUT2D eigenvalue weighted by Crippen LogP contribution is -2.32. The summed E-state index contributed by atoms with van der Waals surface area (Å²) in [5, 5.41) is 8.40. The first-order chi connectivity index (χ1) is 10.3. The quantitative estimate of drug-likeness (QED) is 0.852. The number of hydrogen-bond acceptors (Lipinski definition) is 5. The molecule has 114 valence electrons. The molecule has 0 spiro atoms. The number of likely N-dealkylation sites (tertiary alicyclic amines) is 1. The molecule has 2 saturated carbocycles. The molecule has 3 atom stereocenters. The van der Waals surface area contributed by atoms with Gasteiger partial charge in [-0.2, -0.15) is 0 Å². The molecule has 0 unspecified atom stereocenters. The number of hydrogen-bond donors (Lipinski definition) is 0. The van der Waals surface area contributed by atoms with E-state index >= 15 is 0 Å². The summed E-state index contributed by atoms with van der Waals surface area (Å²) in [7, 11) is 0. The van der Waals surface area contributed by atoms with Crippen molar-refractivity contribution in [3.8, 4) is 0 Å². The van der Waals surface area contributed by atoms with Crippen LogP contribution in [0.1, 0.15) is 62.3 Å². The predicted octanol–water partition coefficient (Wildman–Crippen LogP) is 2.51. The molecule has 4 fully saturated rings. The summed E-state index contributed by atoms with van der Waals surface area (Å²) < 4.78 is 12.0. The monoisotopic (exact) mass is 289 g/mol. The summed E-state index contributed by atoms with van der Waals surface area (Å²) in [6, 6.07) is 0. The van der Waals surface area contributed by atoms with E-state index in [0.29, 0.717) is 17.9 Å². The molecule has 5 heteroatoms. The van der Waals surface area contributed by atoms with E-state index in [1.54, 1.807) is 0 Å². The molecule has 0 bridgehead atoms. The van der Waals surface area contributed by atoms with Gasteiger partial charge in [0.15, 0.2) is 0 Å². The number of fused-ring (bicyclic) bond motifs is 1. The molecular weight excluding hydrogens is 266 g/mol. The smallest absolute Gasteiger partial charge is 0.245 e. The van der Waals surface area contributed by atoms with Crippen LogP contribution in [0.3, 0.4) is 0 Å². The third-order valence-corrected chi connectivity index (χ3v) is 5.71. The van der Waals surface area contributed by atoms with Gasteiger partial charge in [-0.3, -0.25) is 0 Å². The second-order valence-electron chi connectivity index (χ2n) is 7.43. The highest BCUT2D eigenvalue weighted by molar-refractivity contribution is 5.03. The SMILES string of the molecule is C1CC(CN2C[C@H]3C[C@H](c4nnc(C5CC5)o4)O[C@H]3C2)C1. The van der Waals surface area contributed by atoms with Gasteiger partial charge in [0.1, 0.15) is 6.10 Å². The minimum Gasteiger partial charge on any atom is -0.422 e. The van der Waals surface area contributed by atoms with Crippen LogP contribution in [0.4, 0.5) is 0 Å². The van der Waals surface area contributed by atoms with Crippen LogP contribution in [0, 0.1) is 11.8 Å². The molecule has 2 saturated heterocycles. The number of aromatic nitrogens is 2. The van der Waals surface area contributed by atoms with Gasteiger partial charge in [0.05, 0.1) is 6.10 Å². The third kappa shape index (κ3) is 2.30. The fourth-order valence-electron chi connectivity index (χ4n) is 4.07.